The number of amides is 2. The third kappa shape index (κ3) is 5.16. The minimum absolute atomic E-state index is 0.00496. The first-order valence-electron chi connectivity index (χ1n) is 6.40. The van der Waals surface area contributed by atoms with Gasteiger partial charge < -0.3 is 5.32 Å². The molecule has 22 heavy (non-hydrogen) atoms. The zero-order valence-corrected chi connectivity index (χ0v) is 12.0. The molecule has 2 amide bonds. The van der Waals surface area contributed by atoms with Crippen molar-refractivity contribution in [2.45, 2.75) is 13.3 Å². The van der Waals surface area contributed by atoms with Crippen LogP contribution in [0.3, 0.4) is 0 Å². The average Bonchev–Trinajstić information content (AvgIpc) is 2.50. The van der Waals surface area contributed by atoms with Crippen LogP contribution in [-0.2, 0) is 4.79 Å². The lowest BCUT2D eigenvalue weighted by Crippen LogP contribution is -2.26. The normalized spacial score (nSPS) is 10.7. The number of nitro benzene ring substituents is 1. The Morgan fingerprint density at radius 1 is 1.41 bits per heavy atom. The molecule has 0 aliphatic carbocycles. The summed E-state index contributed by atoms with van der Waals surface area (Å²) in [6.45, 7) is 5.37. The van der Waals surface area contributed by atoms with Gasteiger partial charge in [-0.3, -0.25) is 19.7 Å². The SMILES string of the molecule is C=CCNC(=O)C/C(C)=N\NC(=O)c1ccccc1[N+](=O)[O-]. The highest BCUT2D eigenvalue weighted by atomic mass is 16.6. The van der Waals surface area contributed by atoms with Crippen LogP contribution < -0.4 is 10.7 Å². The van der Waals surface area contributed by atoms with Crippen LogP contribution in [0, 0.1) is 10.1 Å². The number of para-hydroxylation sites is 1. The minimum atomic E-state index is -0.710. The number of nitrogens with zero attached hydrogens (tertiary/aromatic N) is 2. The molecule has 0 fully saturated rings. The van der Waals surface area contributed by atoms with E-state index in [1.807, 2.05) is 0 Å². The molecule has 0 aliphatic heterocycles. The lowest BCUT2D eigenvalue weighted by molar-refractivity contribution is -0.385. The van der Waals surface area contributed by atoms with E-state index in [-0.39, 0.29) is 23.6 Å². The minimum Gasteiger partial charge on any atom is -0.352 e. The Hall–Kier alpha value is -3.03. The molecular weight excluding hydrogens is 288 g/mol. The Balaban J connectivity index is 2.69. The van der Waals surface area contributed by atoms with Crippen LogP contribution in [0.1, 0.15) is 23.7 Å². The molecule has 0 aromatic heterocycles. The van der Waals surface area contributed by atoms with Crippen molar-refractivity contribution in [3.8, 4) is 0 Å². The molecule has 0 atom stereocenters. The highest BCUT2D eigenvalue weighted by molar-refractivity contribution is 6.02. The predicted octanol–water partition coefficient (Wildman–Crippen LogP) is 1.39. The molecule has 0 saturated carbocycles. The van der Waals surface area contributed by atoms with Gasteiger partial charge in [0.1, 0.15) is 5.56 Å². The highest BCUT2D eigenvalue weighted by Crippen LogP contribution is 2.17. The number of nitrogens with one attached hydrogen (secondary N) is 2. The molecule has 0 heterocycles. The summed E-state index contributed by atoms with van der Waals surface area (Å²) in [5.74, 6) is -0.973. The quantitative estimate of drug-likeness (QED) is 0.343. The number of carbonyl (C=O) groups excluding carboxylic acids is 2. The van der Waals surface area contributed by atoms with Gasteiger partial charge in [0, 0.05) is 18.3 Å². The van der Waals surface area contributed by atoms with E-state index in [1.54, 1.807) is 13.0 Å². The van der Waals surface area contributed by atoms with Gasteiger partial charge in [0.2, 0.25) is 5.91 Å². The van der Waals surface area contributed by atoms with Gasteiger partial charge >= 0.3 is 0 Å². The van der Waals surface area contributed by atoms with E-state index in [1.165, 1.54) is 24.3 Å². The molecule has 0 unspecified atom stereocenters. The van der Waals surface area contributed by atoms with Gasteiger partial charge in [-0.2, -0.15) is 5.10 Å². The Kier molecular flexibility index (Phi) is 6.42. The monoisotopic (exact) mass is 304 g/mol. The molecule has 0 saturated heterocycles. The molecule has 1 aromatic rings. The number of hydrogen-bond acceptors (Lipinski definition) is 5. The van der Waals surface area contributed by atoms with Crippen molar-refractivity contribution in [2.75, 3.05) is 6.54 Å². The van der Waals surface area contributed by atoms with E-state index in [4.69, 9.17) is 0 Å². The van der Waals surface area contributed by atoms with E-state index in [2.05, 4.69) is 22.4 Å². The number of hydrazone groups is 1. The molecule has 8 heteroatoms. The Labute approximate surface area is 127 Å². The van der Waals surface area contributed by atoms with Crippen LogP contribution in [-0.4, -0.2) is 29.0 Å². The summed E-state index contributed by atoms with van der Waals surface area (Å²) in [6.07, 6.45) is 1.55. The molecule has 0 aliphatic rings. The maximum absolute atomic E-state index is 11.9. The summed E-state index contributed by atoms with van der Waals surface area (Å²) >= 11 is 0. The van der Waals surface area contributed by atoms with Crippen molar-refractivity contribution in [1.29, 1.82) is 0 Å². The third-order valence-electron chi connectivity index (χ3n) is 2.55. The number of nitro groups is 1. The summed E-state index contributed by atoms with van der Waals surface area (Å²) in [5.41, 5.74) is 2.16. The second-order valence-corrected chi connectivity index (χ2v) is 4.33. The maximum Gasteiger partial charge on any atom is 0.282 e. The number of carbonyl (C=O) groups is 2. The van der Waals surface area contributed by atoms with E-state index >= 15 is 0 Å². The second kappa shape index (κ2) is 8.30. The van der Waals surface area contributed by atoms with Crippen LogP contribution in [0.5, 0.6) is 0 Å². The van der Waals surface area contributed by atoms with Crippen molar-refractivity contribution >= 4 is 23.2 Å². The largest absolute Gasteiger partial charge is 0.352 e. The van der Waals surface area contributed by atoms with Crippen LogP contribution in [0.2, 0.25) is 0 Å². The highest BCUT2D eigenvalue weighted by Gasteiger charge is 2.18. The summed E-state index contributed by atoms with van der Waals surface area (Å²) in [6, 6.07) is 5.54. The fraction of sp³-hybridized carbons (Fsp3) is 0.214. The van der Waals surface area contributed by atoms with E-state index in [9.17, 15) is 19.7 Å². The van der Waals surface area contributed by atoms with Crippen molar-refractivity contribution < 1.29 is 14.5 Å². The van der Waals surface area contributed by atoms with E-state index < -0.39 is 10.8 Å². The summed E-state index contributed by atoms with van der Waals surface area (Å²) < 4.78 is 0. The lowest BCUT2D eigenvalue weighted by atomic mass is 10.2. The molecule has 0 spiro atoms. The zero-order valence-electron chi connectivity index (χ0n) is 12.0. The molecule has 2 N–H and O–H groups in total. The van der Waals surface area contributed by atoms with Crippen molar-refractivity contribution in [2.24, 2.45) is 5.10 Å². The zero-order chi connectivity index (χ0) is 16.5. The van der Waals surface area contributed by atoms with Crippen molar-refractivity contribution in [3.63, 3.8) is 0 Å². The molecule has 0 bridgehead atoms. The maximum atomic E-state index is 11.9. The number of hydrogen-bond donors (Lipinski definition) is 2. The van der Waals surface area contributed by atoms with Crippen LogP contribution in [0.4, 0.5) is 5.69 Å². The van der Waals surface area contributed by atoms with Crippen LogP contribution >= 0.6 is 0 Å². The smallest absolute Gasteiger partial charge is 0.282 e. The number of benzene rings is 1. The fourth-order valence-electron chi connectivity index (χ4n) is 1.55. The number of rotatable bonds is 7. The van der Waals surface area contributed by atoms with Gasteiger partial charge in [-0.15, -0.1) is 6.58 Å². The Morgan fingerprint density at radius 2 is 2.09 bits per heavy atom. The standard InChI is InChI=1S/C14H16N4O4/c1-3-8-15-13(19)9-10(2)16-17-14(20)11-6-4-5-7-12(11)18(21)22/h3-7H,1,8-9H2,2H3,(H,15,19)(H,17,20)/b16-10-. The summed E-state index contributed by atoms with van der Waals surface area (Å²) in [5, 5.41) is 17.2. The molecule has 0 radical (unpaired) electrons. The van der Waals surface area contributed by atoms with Crippen molar-refractivity contribution in [1.82, 2.24) is 10.7 Å². The van der Waals surface area contributed by atoms with Gasteiger partial charge in [-0.1, -0.05) is 18.2 Å². The summed E-state index contributed by atoms with van der Waals surface area (Å²) in [4.78, 5) is 33.5. The van der Waals surface area contributed by atoms with Crippen LogP contribution in [0.25, 0.3) is 0 Å². The Morgan fingerprint density at radius 3 is 2.73 bits per heavy atom. The van der Waals surface area contributed by atoms with Gasteiger partial charge in [-0.05, 0) is 13.0 Å². The third-order valence-corrected chi connectivity index (χ3v) is 2.55. The van der Waals surface area contributed by atoms with Crippen molar-refractivity contribution in [3.05, 3.63) is 52.6 Å². The van der Waals surface area contributed by atoms with E-state index in [0.29, 0.717) is 12.3 Å². The topological polar surface area (TPSA) is 114 Å². The second-order valence-electron chi connectivity index (χ2n) is 4.33. The first kappa shape index (κ1) is 17.0. The van der Waals surface area contributed by atoms with Gasteiger partial charge in [0.15, 0.2) is 0 Å². The fourth-order valence-corrected chi connectivity index (χ4v) is 1.55. The molecule has 8 nitrogen and oxygen atoms in total. The molecule has 1 aromatic carbocycles. The van der Waals surface area contributed by atoms with Crippen LogP contribution in [0.15, 0.2) is 42.0 Å². The first-order valence-corrected chi connectivity index (χ1v) is 6.40. The first-order chi connectivity index (χ1) is 10.5. The molecule has 116 valence electrons. The predicted molar refractivity (Wildman–Crippen MR) is 81.5 cm³/mol. The van der Waals surface area contributed by atoms with Gasteiger partial charge in [0.25, 0.3) is 11.6 Å². The van der Waals surface area contributed by atoms with Gasteiger partial charge in [-0.25, -0.2) is 5.43 Å². The van der Waals surface area contributed by atoms with E-state index in [0.717, 1.165) is 0 Å². The Bertz CT molecular complexity index is 625. The lowest BCUT2D eigenvalue weighted by Gasteiger charge is -2.04. The molecular formula is C14H16N4O4. The summed E-state index contributed by atoms with van der Waals surface area (Å²) in [7, 11) is 0. The van der Waals surface area contributed by atoms with Gasteiger partial charge in [0.05, 0.1) is 11.3 Å². The molecule has 1 rings (SSSR count). The average molecular weight is 304 g/mol.